The molecule has 6 nitrogen and oxygen atoms in total. The normalized spacial score (nSPS) is 21.2. The maximum absolute atomic E-state index is 12.2. The van der Waals surface area contributed by atoms with Crippen LogP contribution in [0.5, 0.6) is 0 Å². The summed E-state index contributed by atoms with van der Waals surface area (Å²) >= 11 is 0. The molecule has 138 valence electrons. The first-order valence-corrected chi connectivity index (χ1v) is 9.04. The summed E-state index contributed by atoms with van der Waals surface area (Å²) in [5.41, 5.74) is 6.70. The number of rotatable bonds is 6. The Labute approximate surface area is 149 Å². The molecule has 6 heteroatoms. The number of hydrogen-bond acceptors (Lipinski definition) is 4. The first kappa shape index (κ1) is 19.2. The monoisotopic (exact) mass is 347 g/mol. The van der Waals surface area contributed by atoms with E-state index >= 15 is 0 Å². The zero-order valence-electron chi connectivity index (χ0n) is 15.1. The van der Waals surface area contributed by atoms with Crippen molar-refractivity contribution in [1.29, 1.82) is 0 Å². The molecule has 0 unspecified atom stereocenters. The third-order valence-corrected chi connectivity index (χ3v) is 4.69. The summed E-state index contributed by atoms with van der Waals surface area (Å²) in [5, 5.41) is 2.93. The van der Waals surface area contributed by atoms with Crippen LogP contribution in [0.1, 0.15) is 45.1 Å². The van der Waals surface area contributed by atoms with Gasteiger partial charge in [-0.1, -0.05) is 30.3 Å². The average molecular weight is 347 g/mol. The van der Waals surface area contributed by atoms with Gasteiger partial charge in [0.2, 0.25) is 5.91 Å². The fraction of sp³-hybridized carbons (Fsp3) is 0.579. The van der Waals surface area contributed by atoms with E-state index in [0.29, 0.717) is 6.54 Å². The number of ether oxygens (including phenoxy) is 1. The van der Waals surface area contributed by atoms with E-state index in [4.69, 9.17) is 10.5 Å². The fourth-order valence-electron chi connectivity index (χ4n) is 3.32. The molecule has 1 aromatic rings. The van der Waals surface area contributed by atoms with Crippen LogP contribution in [0.3, 0.4) is 0 Å². The van der Waals surface area contributed by atoms with Gasteiger partial charge in [-0.25, -0.2) is 4.79 Å². The van der Waals surface area contributed by atoms with E-state index in [1.807, 2.05) is 42.2 Å². The van der Waals surface area contributed by atoms with Gasteiger partial charge in [0.1, 0.15) is 6.61 Å². The van der Waals surface area contributed by atoms with Crippen molar-refractivity contribution in [1.82, 2.24) is 10.2 Å². The van der Waals surface area contributed by atoms with E-state index < -0.39 is 6.04 Å². The minimum atomic E-state index is -0.469. The van der Waals surface area contributed by atoms with Crippen molar-refractivity contribution in [2.45, 2.75) is 64.3 Å². The smallest absolute Gasteiger partial charge is 0.407 e. The van der Waals surface area contributed by atoms with Crippen molar-refractivity contribution in [2.75, 3.05) is 6.54 Å². The van der Waals surface area contributed by atoms with E-state index in [1.54, 1.807) is 6.92 Å². The Balaban J connectivity index is 1.74. The molecule has 0 aliphatic heterocycles. The third-order valence-electron chi connectivity index (χ3n) is 4.69. The molecule has 1 aliphatic carbocycles. The third kappa shape index (κ3) is 5.74. The largest absolute Gasteiger partial charge is 0.445 e. The van der Waals surface area contributed by atoms with Crippen LogP contribution in [0.2, 0.25) is 0 Å². The lowest BCUT2D eigenvalue weighted by atomic mass is 9.90. The van der Waals surface area contributed by atoms with Crippen molar-refractivity contribution in [2.24, 2.45) is 5.73 Å². The number of nitrogens with zero attached hydrogens (tertiary/aromatic N) is 1. The lowest BCUT2D eigenvalue weighted by molar-refractivity contribution is -0.135. The van der Waals surface area contributed by atoms with Crippen LogP contribution in [-0.2, 0) is 16.1 Å². The number of likely N-dealkylation sites (N-methyl/N-ethyl adjacent to an activating group) is 1. The molecule has 3 N–H and O–H groups in total. The molecule has 0 aromatic heterocycles. The quantitative estimate of drug-likeness (QED) is 0.828. The zero-order chi connectivity index (χ0) is 18.2. The molecule has 0 heterocycles. The highest BCUT2D eigenvalue weighted by molar-refractivity contribution is 5.81. The fourth-order valence-corrected chi connectivity index (χ4v) is 3.32. The van der Waals surface area contributed by atoms with Crippen LogP contribution in [0.4, 0.5) is 4.79 Å². The Bertz CT molecular complexity index is 554. The van der Waals surface area contributed by atoms with E-state index in [9.17, 15) is 9.59 Å². The SMILES string of the molecule is CCN(C(=O)[C@H](C)N)C1CCC(NC(=O)OCc2ccccc2)CC1. The van der Waals surface area contributed by atoms with Gasteiger partial charge in [0.05, 0.1) is 6.04 Å². The first-order chi connectivity index (χ1) is 12.0. The number of carbonyl (C=O) groups excluding carboxylic acids is 2. The van der Waals surface area contributed by atoms with Gasteiger partial charge in [-0.2, -0.15) is 0 Å². The number of hydrogen-bond donors (Lipinski definition) is 2. The van der Waals surface area contributed by atoms with Crippen LogP contribution in [-0.4, -0.2) is 41.6 Å². The maximum Gasteiger partial charge on any atom is 0.407 e. The first-order valence-electron chi connectivity index (χ1n) is 9.04. The molecule has 2 rings (SSSR count). The number of carbonyl (C=O) groups is 2. The van der Waals surface area contributed by atoms with Crippen molar-refractivity contribution < 1.29 is 14.3 Å². The van der Waals surface area contributed by atoms with E-state index in [-0.39, 0.29) is 30.7 Å². The summed E-state index contributed by atoms with van der Waals surface area (Å²) in [5.74, 6) is 0.00109. The van der Waals surface area contributed by atoms with E-state index in [2.05, 4.69) is 5.32 Å². The standard InChI is InChI=1S/C19H29N3O3/c1-3-22(18(23)14(2)20)17-11-9-16(10-12-17)21-19(24)25-13-15-7-5-4-6-8-15/h4-8,14,16-17H,3,9-13,20H2,1-2H3,(H,21,24)/t14-,16?,17?/m0/s1. The summed E-state index contributed by atoms with van der Waals surface area (Å²) in [6.45, 7) is 4.64. The lowest BCUT2D eigenvalue weighted by Crippen LogP contribution is -2.50. The van der Waals surface area contributed by atoms with Crippen LogP contribution in [0, 0.1) is 0 Å². The Morgan fingerprint density at radius 1 is 1.24 bits per heavy atom. The molecule has 1 saturated carbocycles. The molecule has 0 bridgehead atoms. The van der Waals surface area contributed by atoms with Crippen LogP contribution < -0.4 is 11.1 Å². The second kappa shape index (κ2) is 9.42. The number of nitrogens with two attached hydrogens (primary N) is 1. The van der Waals surface area contributed by atoms with Gasteiger partial charge < -0.3 is 20.7 Å². The minimum Gasteiger partial charge on any atom is -0.445 e. The highest BCUT2D eigenvalue weighted by Crippen LogP contribution is 2.23. The van der Waals surface area contributed by atoms with E-state index in [0.717, 1.165) is 31.2 Å². The molecule has 1 fully saturated rings. The van der Waals surface area contributed by atoms with Crippen LogP contribution in [0.15, 0.2) is 30.3 Å². The number of nitrogens with one attached hydrogen (secondary N) is 1. The predicted molar refractivity (Wildman–Crippen MR) is 96.8 cm³/mol. The number of benzene rings is 1. The van der Waals surface area contributed by atoms with Crippen molar-refractivity contribution >= 4 is 12.0 Å². The Morgan fingerprint density at radius 2 is 1.88 bits per heavy atom. The van der Waals surface area contributed by atoms with Crippen molar-refractivity contribution in [3.8, 4) is 0 Å². The summed E-state index contributed by atoms with van der Waals surface area (Å²) in [6.07, 6.45) is 3.04. The summed E-state index contributed by atoms with van der Waals surface area (Å²) in [7, 11) is 0. The van der Waals surface area contributed by atoms with Crippen molar-refractivity contribution in [3.63, 3.8) is 0 Å². The van der Waals surface area contributed by atoms with Crippen molar-refractivity contribution in [3.05, 3.63) is 35.9 Å². The molecule has 1 atom stereocenters. The van der Waals surface area contributed by atoms with Gasteiger partial charge in [-0.3, -0.25) is 4.79 Å². The van der Waals surface area contributed by atoms with E-state index in [1.165, 1.54) is 0 Å². The lowest BCUT2D eigenvalue weighted by Gasteiger charge is -2.37. The average Bonchev–Trinajstić information content (AvgIpc) is 2.62. The molecule has 1 aliphatic rings. The van der Waals surface area contributed by atoms with Crippen LogP contribution in [0.25, 0.3) is 0 Å². The zero-order valence-corrected chi connectivity index (χ0v) is 15.1. The molecule has 1 aromatic carbocycles. The van der Waals surface area contributed by atoms with Gasteiger partial charge >= 0.3 is 6.09 Å². The molecule has 25 heavy (non-hydrogen) atoms. The highest BCUT2D eigenvalue weighted by atomic mass is 16.5. The topological polar surface area (TPSA) is 84.7 Å². The summed E-state index contributed by atoms with van der Waals surface area (Å²) in [6, 6.07) is 9.45. The van der Waals surface area contributed by atoms with Gasteiger partial charge in [-0.15, -0.1) is 0 Å². The maximum atomic E-state index is 12.2. The minimum absolute atomic E-state index is 0.00109. The molecular weight excluding hydrogens is 318 g/mol. The predicted octanol–water partition coefficient (Wildman–Crippen LogP) is 2.42. The Hall–Kier alpha value is -2.08. The number of alkyl carbamates (subject to hydrolysis) is 1. The Morgan fingerprint density at radius 3 is 2.44 bits per heavy atom. The van der Waals surface area contributed by atoms with Gasteiger partial charge in [0, 0.05) is 18.6 Å². The van der Waals surface area contributed by atoms with Gasteiger partial charge in [0.25, 0.3) is 0 Å². The molecule has 0 radical (unpaired) electrons. The molecule has 2 amide bonds. The second-order valence-corrected chi connectivity index (χ2v) is 6.62. The molecule has 0 saturated heterocycles. The Kier molecular flexibility index (Phi) is 7.25. The molecular formula is C19H29N3O3. The van der Waals surface area contributed by atoms with Gasteiger partial charge in [0.15, 0.2) is 0 Å². The van der Waals surface area contributed by atoms with Crippen LogP contribution >= 0.6 is 0 Å². The number of amides is 2. The summed E-state index contributed by atoms with van der Waals surface area (Å²) < 4.78 is 5.26. The highest BCUT2D eigenvalue weighted by Gasteiger charge is 2.29. The molecule has 0 spiro atoms. The summed E-state index contributed by atoms with van der Waals surface area (Å²) in [4.78, 5) is 26.0. The second-order valence-electron chi connectivity index (χ2n) is 6.62. The van der Waals surface area contributed by atoms with Gasteiger partial charge in [-0.05, 0) is 45.1 Å².